The molecule has 0 aliphatic heterocycles. The fraction of sp³-hybridized carbons (Fsp3) is 0.571. The minimum absolute atomic E-state index is 0.100. The van der Waals surface area contributed by atoms with Gasteiger partial charge in [-0.3, -0.25) is 9.79 Å². The van der Waals surface area contributed by atoms with Crippen molar-refractivity contribution in [2.75, 3.05) is 13.7 Å². The van der Waals surface area contributed by atoms with Crippen LogP contribution in [0.25, 0.3) is 0 Å². The van der Waals surface area contributed by atoms with Crippen molar-refractivity contribution in [2.24, 2.45) is 4.99 Å². The molecule has 4 heteroatoms. The molecule has 0 heterocycles. The molecule has 0 aromatic heterocycles. The largest absolute Gasteiger partial charge is 0.469 e. The number of ether oxygens (including phenoxy) is 1. The third kappa shape index (κ3) is 5.09. The van der Waals surface area contributed by atoms with Gasteiger partial charge < -0.3 is 4.74 Å². The fourth-order valence-corrected chi connectivity index (χ4v) is 0.507. The standard InChI is InChI=1S/C7H10N2O2/c1-6(9-4-3-8)5-7(10)11-2/h4-5H2,1-2H3. The Kier molecular flexibility index (Phi) is 4.74. The van der Waals surface area contributed by atoms with E-state index in [2.05, 4.69) is 9.73 Å². The zero-order chi connectivity index (χ0) is 8.69. The fourth-order valence-electron chi connectivity index (χ4n) is 0.507. The zero-order valence-electron chi connectivity index (χ0n) is 6.63. The van der Waals surface area contributed by atoms with Gasteiger partial charge in [0.1, 0.15) is 6.54 Å². The zero-order valence-corrected chi connectivity index (χ0v) is 6.63. The molecular weight excluding hydrogens is 144 g/mol. The molecule has 0 amide bonds. The Morgan fingerprint density at radius 3 is 2.82 bits per heavy atom. The van der Waals surface area contributed by atoms with Crippen LogP contribution in [-0.2, 0) is 9.53 Å². The molecule has 0 aliphatic rings. The van der Waals surface area contributed by atoms with E-state index < -0.39 is 0 Å². The first-order valence-electron chi connectivity index (χ1n) is 3.14. The van der Waals surface area contributed by atoms with Gasteiger partial charge in [-0.2, -0.15) is 5.26 Å². The molecular formula is C7H10N2O2. The van der Waals surface area contributed by atoms with E-state index in [0.717, 1.165) is 0 Å². The van der Waals surface area contributed by atoms with E-state index in [1.165, 1.54) is 7.11 Å². The summed E-state index contributed by atoms with van der Waals surface area (Å²) in [6.07, 6.45) is 0.165. The molecule has 0 saturated carbocycles. The maximum atomic E-state index is 10.6. The van der Waals surface area contributed by atoms with Gasteiger partial charge >= 0.3 is 5.97 Å². The van der Waals surface area contributed by atoms with Gasteiger partial charge in [0.15, 0.2) is 0 Å². The van der Waals surface area contributed by atoms with Crippen molar-refractivity contribution in [3.63, 3.8) is 0 Å². The summed E-state index contributed by atoms with van der Waals surface area (Å²) in [5.41, 5.74) is 0.624. The molecule has 0 bridgehead atoms. The highest BCUT2D eigenvalue weighted by molar-refractivity contribution is 5.97. The average molecular weight is 154 g/mol. The molecule has 0 fully saturated rings. The van der Waals surface area contributed by atoms with Crippen molar-refractivity contribution >= 4 is 11.7 Å². The lowest BCUT2D eigenvalue weighted by Crippen LogP contribution is -2.06. The Balaban J connectivity index is 3.78. The smallest absolute Gasteiger partial charge is 0.311 e. The highest BCUT2D eigenvalue weighted by Crippen LogP contribution is 1.88. The Bertz CT molecular complexity index is 203. The highest BCUT2D eigenvalue weighted by atomic mass is 16.5. The van der Waals surface area contributed by atoms with E-state index in [9.17, 15) is 4.79 Å². The SMILES string of the molecule is COC(=O)CC(C)=NCC#N. The third-order valence-electron chi connectivity index (χ3n) is 1.05. The summed E-state index contributed by atoms with van der Waals surface area (Å²) in [7, 11) is 1.32. The number of hydrogen-bond donors (Lipinski definition) is 0. The summed E-state index contributed by atoms with van der Waals surface area (Å²) in [6, 6.07) is 1.85. The minimum atomic E-state index is -0.329. The molecule has 0 saturated heterocycles. The second kappa shape index (κ2) is 5.42. The molecule has 0 spiro atoms. The quantitative estimate of drug-likeness (QED) is 0.338. The number of carbonyl (C=O) groups is 1. The summed E-state index contributed by atoms with van der Waals surface area (Å²) >= 11 is 0. The number of carbonyl (C=O) groups excluding carboxylic acids is 1. The summed E-state index contributed by atoms with van der Waals surface area (Å²) in [5, 5.41) is 8.13. The van der Waals surface area contributed by atoms with Gasteiger partial charge in [0, 0.05) is 5.71 Å². The lowest BCUT2D eigenvalue weighted by molar-refractivity contribution is -0.139. The predicted molar refractivity (Wildman–Crippen MR) is 40.2 cm³/mol. The molecule has 0 aromatic rings. The Morgan fingerprint density at radius 1 is 1.73 bits per heavy atom. The number of esters is 1. The minimum Gasteiger partial charge on any atom is -0.469 e. The van der Waals surface area contributed by atoms with E-state index in [4.69, 9.17) is 5.26 Å². The molecule has 11 heavy (non-hydrogen) atoms. The number of nitrogens with zero attached hydrogens (tertiary/aromatic N) is 2. The van der Waals surface area contributed by atoms with Gasteiger partial charge in [0.05, 0.1) is 19.6 Å². The van der Waals surface area contributed by atoms with E-state index in [0.29, 0.717) is 5.71 Å². The molecule has 0 aliphatic carbocycles. The lowest BCUT2D eigenvalue weighted by atomic mass is 10.3. The first-order chi connectivity index (χ1) is 5.20. The van der Waals surface area contributed by atoms with Crippen LogP contribution in [0.4, 0.5) is 0 Å². The summed E-state index contributed by atoms with van der Waals surface area (Å²) < 4.78 is 4.40. The van der Waals surface area contributed by atoms with Crippen LogP contribution in [-0.4, -0.2) is 25.3 Å². The van der Waals surface area contributed by atoms with Gasteiger partial charge in [0.2, 0.25) is 0 Å². The summed E-state index contributed by atoms with van der Waals surface area (Å²) in [6.45, 7) is 1.79. The van der Waals surface area contributed by atoms with Gasteiger partial charge in [-0.05, 0) is 6.92 Å². The highest BCUT2D eigenvalue weighted by Gasteiger charge is 2.00. The van der Waals surface area contributed by atoms with Crippen LogP contribution >= 0.6 is 0 Å². The van der Waals surface area contributed by atoms with Crippen molar-refractivity contribution in [2.45, 2.75) is 13.3 Å². The predicted octanol–water partition coefficient (Wildman–Crippen LogP) is 0.534. The molecule has 0 radical (unpaired) electrons. The Hall–Kier alpha value is -1.37. The second-order valence-corrected chi connectivity index (χ2v) is 1.96. The lowest BCUT2D eigenvalue weighted by Gasteiger charge is -1.96. The maximum absolute atomic E-state index is 10.6. The molecule has 0 N–H and O–H groups in total. The van der Waals surface area contributed by atoms with Crippen LogP contribution in [0.1, 0.15) is 13.3 Å². The van der Waals surface area contributed by atoms with Crippen LogP contribution < -0.4 is 0 Å². The monoisotopic (exact) mass is 154 g/mol. The van der Waals surface area contributed by atoms with Gasteiger partial charge in [-0.15, -0.1) is 0 Å². The number of methoxy groups -OCH3 is 1. The number of hydrogen-bond acceptors (Lipinski definition) is 4. The summed E-state index contributed by atoms with van der Waals surface area (Å²) in [4.78, 5) is 14.4. The van der Waals surface area contributed by atoms with Crippen LogP contribution in [0.15, 0.2) is 4.99 Å². The molecule has 0 unspecified atom stereocenters. The van der Waals surface area contributed by atoms with Crippen LogP contribution in [0.5, 0.6) is 0 Å². The molecule has 0 atom stereocenters. The van der Waals surface area contributed by atoms with E-state index in [1.807, 2.05) is 6.07 Å². The van der Waals surface area contributed by atoms with Crippen molar-refractivity contribution in [1.29, 1.82) is 5.26 Å². The van der Waals surface area contributed by atoms with Crippen LogP contribution in [0, 0.1) is 11.3 Å². The average Bonchev–Trinajstić information content (AvgIpc) is 2.00. The van der Waals surface area contributed by atoms with E-state index >= 15 is 0 Å². The normalized spacial score (nSPS) is 10.5. The first-order valence-corrected chi connectivity index (χ1v) is 3.14. The van der Waals surface area contributed by atoms with Crippen molar-refractivity contribution in [3.8, 4) is 6.07 Å². The summed E-state index contributed by atoms with van der Waals surface area (Å²) in [5.74, 6) is -0.329. The first kappa shape index (κ1) is 9.63. The second-order valence-electron chi connectivity index (χ2n) is 1.96. The van der Waals surface area contributed by atoms with E-state index in [-0.39, 0.29) is 18.9 Å². The van der Waals surface area contributed by atoms with Crippen LogP contribution in [0.3, 0.4) is 0 Å². The molecule has 4 nitrogen and oxygen atoms in total. The molecule has 0 aromatic carbocycles. The number of nitriles is 1. The number of aliphatic imine (C=N–C) groups is 1. The van der Waals surface area contributed by atoms with Crippen molar-refractivity contribution in [3.05, 3.63) is 0 Å². The van der Waals surface area contributed by atoms with Gasteiger partial charge in [-0.25, -0.2) is 0 Å². The topological polar surface area (TPSA) is 62.4 Å². The molecule has 0 rings (SSSR count). The number of rotatable bonds is 3. The van der Waals surface area contributed by atoms with E-state index in [1.54, 1.807) is 6.92 Å². The van der Waals surface area contributed by atoms with Gasteiger partial charge in [0.25, 0.3) is 0 Å². The molecule has 60 valence electrons. The Labute approximate surface area is 65.5 Å². The third-order valence-corrected chi connectivity index (χ3v) is 1.05. The Morgan fingerprint density at radius 2 is 2.36 bits per heavy atom. The van der Waals surface area contributed by atoms with Gasteiger partial charge in [-0.1, -0.05) is 0 Å². The van der Waals surface area contributed by atoms with Crippen molar-refractivity contribution < 1.29 is 9.53 Å². The van der Waals surface area contributed by atoms with Crippen LogP contribution in [0.2, 0.25) is 0 Å². The maximum Gasteiger partial charge on any atom is 0.311 e. The van der Waals surface area contributed by atoms with Crippen molar-refractivity contribution in [1.82, 2.24) is 0 Å².